The Balaban J connectivity index is 0.00000169. The molecule has 3 rings (SSSR count). The van der Waals surface area contributed by atoms with Gasteiger partial charge in [-0.1, -0.05) is 23.2 Å². The highest BCUT2D eigenvalue weighted by molar-refractivity contribution is 6.35. The van der Waals surface area contributed by atoms with E-state index in [1.54, 1.807) is 12.1 Å². The van der Waals surface area contributed by atoms with Crippen molar-refractivity contribution in [3.05, 3.63) is 46.1 Å². The zero-order valence-corrected chi connectivity index (χ0v) is 17.3. The van der Waals surface area contributed by atoms with E-state index in [1.165, 1.54) is 0 Å². The van der Waals surface area contributed by atoms with Crippen LogP contribution in [0.25, 0.3) is 11.3 Å². The van der Waals surface area contributed by atoms with Crippen LogP contribution in [0.2, 0.25) is 10.0 Å². The van der Waals surface area contributed by atoms with Gasteiger partial charge in [-0.25, -0.2) is 0 Å². The van der Waals surface area contributed by atoms with Crippen molar-refractivity contribution in [3.8, 4) is 11.3 Å². The summed E-state index contributed by atoms with van der Waals surface area (Å²) in [5.41, 5.74) is 0.822. The van der Waals surface area contributed by atoms with Crippen molar-refractivity contribution in [1.82, 2.24) is 10.2 Å². The van der Waals surface area contributed by atoms with Gasteiger partial charge in [-0.15, -0.1) is 0 Å². The first-order valence-corrected chi connectivity index (χ1v) is 9.03. The molecule has 2 aromatic rings. The molecule has 1 aliphatic heterocycles. The molecule has 1 aliphatic rings. The molecule has 1 aromatic carbocycles. The van der Waals surface area contributed by atoms with Crippen LogP contribution in [0.3, 0.4) is 0 Å². The Morgan fingerprint density at radius 1 is 1.04 bits per heavy atom. The van der Waals surface area contributed by atoms with Crippen molar-refractivity contribution in [2.75, 3.05) is 39.4 Å². The van der Waals surface area contributed by atoms with Gasteiger partial charge < -0.3 is 39.3 Å². The fourth-order valence-electron chi connectivity index (χ4n) is 2.77. The summed E-state index contributed by atoms with van der Waals surface area (Å²) in [6.45, 7) is 6.58. The molecule has 0 amide bonds. The maximum Gasteiger partial charge on any atom is 0.135 e. The van der Waals surface area contributed by atoms with E-state index in [0.29, 0.717) is 16.6 Å². The number of ether oxygens (including phenoxy) is 1. The Bertz CT molecular complexity index is 660. The number of rotatable bonds is 7. The number of furan rings is 1. The SMILES string of the molecule is Clc1ccc(Cl)c(-c2ccc(CNCCCN3CCOCC3)o2)c1.[Cl-].[Cl-]. The standard InChI is InChI=1S/C18H22Cl2N2O2.2ClH/c19-14-2-4-17(20)16(12-14)18-5-3-15(24-18)13-21-6-1-7-22-8-10-23-11-9-22;;/h2-5,12,21H,1,6-11,13H2;2*1H/p-2. The van der Waals surface area contributed by atoms with Gasteiger partial charge in [-0.2, -0.15) is 0 Å². The summed E-state index contributed by atoms with van der Waals surface area (Å²) in [5.74, 6) is 1.64. The van der Waals surface area contributed by atoms with E-state index in [-0.39, 0.29) is 24.8 Å². The van der Waals surface area contributed by atoms with Gasteiger partial charge in [-0.05, 0) is 49.8 Å². The van der Waals surface area contributed by atoms with Crippen molar-refractivity contribution < 1.29 is 34.0 Å². The van der Waals surface area contributed by atoms with Gasteiger partial charge in [0.05, 0.1) is 24.8 Å². The predicted octanol–water partition coefficient (Wildman–Crippen LogP) is -1.93. The lowest BCUT2D eigenvalue weighted by atomic mass is 10.2. The van der Waals surface area contributed by atoms with Crippen LogP contribution >= 0.6 is 23.2 Å². The van der Waals surface area contributed by atoms with Crippen molar-refractivity contribution in [2.45, 2.75) is 13.0 Å². The fraction of sp³-hybridized carbons (Fsp3) is 0.444. The van der Waals surface area contributed by atoms with Gasteiger partial charge in [0.2, 0.25) is 0 Å². The molecule has 26 heavy (non-hydrogen) atoms. The summed E-state index contributed by atoms with van der Waals surface area (Å²) < 4.78 is 11.2. The topological polar surface area (TPSA) is 37.6 Å². The molecule has 0 spiro atoms. The second-order valence-corrected chi connectivity index (χ2v) is 6.72. The quantitative estimate of drug-likeness (QED) is 0.510. The van der Waals surface area contributed by atoms with E-state index in [1.807, 2.05) is 18.2 Å². The maximum atomic E-state index is 6.21. The Hall–Kier alpha value is -0.460. The lowest BCUT2D eigenvalue weighted by molar-refractivity contribution is -0.001000. The monoisotopic (exact) mass is 438 g/mol. The van der Waals surface area contributed by atoms with Crippen LogP contribution in [-0.4, -0.2) is 44.3 Å². The van der Waals surface area contributed by atoms with Crippen LogP contribution in [0.4, 0.5) is 0 Å². The molecule has 4 nitrogen and oxygen atoms in total. The molecule has 0 bridgehead atoms. The molecular weight excluding hydrogens is 418 g/mol. The number of hydrogen-bond acceptors (Lipinski definition) is 4. The van der Waals surface area contributed by atoms with Gasteiger partial charge in [0.15, 0.2) is 0 Å². The molecule has 1 aromatic heterocycles. The molecule has 8 heteroatoms. The number of benzene rings is 1. The first-order valence-electron chi connectivity index (χ1n) is 8.27. The lowest BCUT2D eigenvalue weighted by Gasteiger charge is -2.26. The summed E-state index contributed by atoms with van der Waals surface area (Å²) in [4.78, 5) is 2.44. The normalized spacial score (nSPS) is 14.5. The zero-order valence-electron chi connectivity index (χ0n) is 14.3. The van der Waals surface area contributed by atoms with E-state index < -0.39 is 0 Å². The maximum absolute atomic E-state index is 6.21. The van der Waals surface area contributed by atoms with E-state index >= 15 is 0 Å². The van der Waals surface area contributed by atoms with Crippen LogP contribution in [0, 0.1) is 0 Å². The van der Waals surface area contributed by atoms with Crippen LogP contribution in [-0.2, 0) is 11.3 Å². The Kier molecular flexibility index (Phi) is 11.0. The first-order chi connectivity index (χ1) is 11.7. The molecular formula is C18H22Cl4N2O2-2. The number of hydrogen-bond donors (Lipinski definition) is 1. The lowest BCUT2D eigenvalue weighted by Crippen LogP contribution is -3.00. The number of nitrogens with one attached hydrogen (secondary N) is 1. The van der Waals surface area contributed by atoms with Crippen molar-refractivity contribution >= 4 is 23.2 Å². The van der Waals surface area contributed by atoms with Crippen LogP contribution in [0.5, 0.6) is 0 Å². The van der Waals surface area contributed by atoms with E-state index in [9.17, 15) is 0 Å². The molecule has 0 radical (unpaired) electrons. The van der Waals surface area contributed by atoms with Crippen molar-refractivity contribution in [2.24, 2.45) is 0 Å². The zero-order chi connectivity index (χ0) is 16.8. The van der Waals surface area contributed by atoms with Gasteiger partial charge in [0, 0.05) is 23.7 Å². The molecule has 0 atom stereocenters. The summed E-state index contributed by atoms with van der Waals surface area (Å²) in [5, 5.41) is 4.71. The van der Waals surface area contributed by atoms with Gasteiger partial charge >= 0.3 is 0 Å². The third kappa shape index (κ3) is 6.93. The number of nitrogens with zero attached hydrogens (tertiary/aromatic N) is 1. The second kappa shape index (κ2) is 12.1. The molecule has 1 saturated heterocycles. The average Bonchev–Trinajstić information content (AvgIpc) is 3.06. The highest BCUT2D eigenvalue weighted by Gasteiger charge is 2.10. The van der Waals surface area contributed by atoms with Gasteiger partial charge in [0.1, 0.15) is 11.5 Å². The van der Waals surface area contributed by atoms with Crippen LogP contribution < -0.4 is 30.1 Å². The van der Waals surface area contributed by atoms with E-state index in [0.717, 1.165) is 62.9 Å². The summed E-state index contributed by atoms with van der Waals surface area (Å²) in [7, 11) is 0. The molecule has 0 aliphatic carbocycles. The van der Waals surface area contributed by atoms with Gasteiger partial charge in [0.25, 0.3) is 0 Å². The highest BCUT2D eigenvalue weighted by atomic mass is 35.5. The van der Waals surface area contributed by atoms with Gasteiger partial charge in [-0.3, -0.25) is 4.90 Å². The number of morpholine rings is 1. The predicted molar refractivity (Wildman–Crippen MR) is 97.7 cm³/mol. The third-order valence-electron chi connectivity index (χ3n) is 4.09. The minimum Gasteiger partial charge on any atom is -1.00 e. The molecule has 0 unspecified atom stereocenters. The smallest absolute Gasteiger partial charge is 0.135 e. The Morgan fingerprint density at radius 3 is 2.58 bits per heavy atom. The van der Waals surface area contributed by atoms with Crippen molar-refractivity contribution in [3.63, 3.8) is 0 Å². The molecule has 146 valence electrons. The summed E-state index contributed by atoms with van der Waals surface area (Å²) >= 11 is 12.2. The minimum atomic E-state index is 0. The van der Waals surface area contributed by atoms with E-state index in [4.69, 9.17) is 32.4 Å². The van der Waals surface area contributed by atoms with E-state index in [2.05, 4.69) is 10.2 Å². The third-order valence-corrected chi connectivity index (χ3v) is 4.65. The molecule has 0 saturated carbocycles. The Morgan fingerprint density at radius 2 is 1.81 bits per heavy atom. The Labute approximate surface area is 177 Å². The molecule has 1 fully saturated rings. The van der Waals surface area contributed by atoms with Crippen molar-refractivity contribution in [1.29, 1.82) is 0 Å². The largest absolute Gasteiger partial charge is 1.00 e. The minimum absolute atomic E-state index is 0. The summed E-state index contributed by atoms with van der Waals surface area (Å²) in [6, 6.07) is 9.28. The average molecular weight is 440 g/mol. The molecule has 2 heterocycles. The van der Waals surface area contributed by atoms with Crippen LogP contribution in [0.15, 0.2) is 34.7 Å². The number of halogens is 4. The highest BCUT2D eigenvalue weighted by Crippen LogP contribution is 2.31. The fourth-order valence-corrected chi connectivity index (χ4v) is 3.15. The first kappa shape index (κ1) is 23.6. The van der Waals surface area contributed by atoms with Crippen LogP contribution in [0.1, 0.15) is 12.2 Å². The molecule has 1 N–H and O–H groups in total. The second-order valence-electron chi connectivity index (χ2n) is 5.87. The summed E-state index contributed by atoms with van der Waals surface area (Å²) in [6.07, 6.45) is 1.12.